The first-order valence-corrected chi connectivity index (χ1v) is 9.61. The molecular weight excluding hydrogens is 466 g/mol. The maximum Gasteiger partial charge on any atom is 0.338 e. The summed E-state index contributed by atoms with van der Waals surface area (Å²) >= 11 is 1.83. The zero-order valence-electron chi connectivity index (χ0n) is 14.5. The predicted octanol–water partition coefficient (Wildman–Crippen LogP) is 4.04. The molecule has 1 heterocycles. The maximum atomic E-state index is 15.2. The Morgan fingerprint density at radius 2 is 1.81 bits per heavy atom. The van der Waals surface area contributed by atoms with Crippen LogP contribution >= 0.6 is 22.6 Å². The van der Waals surface area contributed by atoms with Gasteiger partial charge < -0.3 is 14.6 Å². The largest absolute Gasteiger partial charge is 0.478 e. The van der Waals surface area contributed by atoms with Gasteiger partial charge in [-0.3, -0.25) is 0 Å². The molecule has 1 N–H and O–H groups in total. The minimum Gasteiger partial charge on any atom is -0.478 e. The fourth-order valence-electron chi connectivity index (χ4n) is 3.08. The summed E-state index contributed by atoms with van der Waals surface area (Å²) in [5.41, 5.74) is -0.980. The van der Waals surface area contributed by atoms with Crippen molar-refractivity contribution in [2.45, 2.75) is 35.3 Å². The Balaban J connectivity index is 1.85. The van der Waals surface area contributed by atoms with Crippen LogP contribution in [0.25, 0.3) is 0 Å². The second-order valence-corrected chi connectivity index (χ2v) is 7.63. The Labute approximate surface area is 169 Å². The molecule has 0 bridgehead atoms. The van der Waals surface area contributed by atoms with Crippen molar-refractivity contribution in [2.75, 3.05) is 0 Å². The number of alkyl halides is 2. The number of ether oxygens (including phenoxy) is 2. The molecule has 2 aromatic rings. The highest BCUT2D eigenvalue weighted by Crippen LogP contribution is 2.41. The number of benzene rings is 2. The summed E-state index contributed by atoms with van der Waals surface area (Å²) in [6.45, 7) is 1.33. The predicted molar refractivity (Wildman–Crippen MR) is 105 cm³/mol. The quantitative estimate of drug-likeness (QED) is 0.394. The van der Waals surface area contributed by atoms with E-state index in [1.165, 1.54) is 13.0 Å². The average molecular weight is 484 g/mol. The number of rotatable bonds is 5. The smallest absolute Gasteiger partial charge is 0.338 e. The summed E-state index contributed by atoms with van der Waals surface area (Å²) in [5.74, 6) is -1.72. The first-order valence-electron chi connectivity index (χ1n) is 8.36. The van der Waals surface area contributed by atoms with Crippen LogP contribution in [0.4, 0.5) is 4.39 Å². The van der Waals surface area contributed by atoms with Crippen molar-refractivity contribution < 1.29 is 28.6 Å². The second kappa shape index (κ2) is 7.93. The van der Waals surface area contributed by atoms with E-state index in [0.717, 1.165) is 0 Å². The molecule has 1 aliphatic heterocycles. The van der Waals surface area contributed by atoms with E-state index in [1.807, 2.05) is 22.6 Å². The fourth-order valence-corrected chi connectivity index (χ4v) is 3.81. The van der Waals surface area contributed by atoms with Gasteiger partial charge in [0.05, 0.1) is 11.1 Å². The molecule has 4 atom stereocenters. The zero-order chi connectivity index (χ0) is 19.6. The maximum absolute atomic E-state index is 15.2. The van der Waals surface area contributed by atoms with Crippen molar-refractivity contribution in [1.82, 2.24) is 0 Å². The third kappa shape index (κ3) is 4.14. The lowest BCUT2D eigenvalue weighted by molar-refractivity contribution is -0.0235. The Bertz CT molecular complexity index is 839. The van der Waals surface area contributed by atoms with Gasteiger partial charge in [0.2, 0.25) is 0 Å². The van der Waals surface area contributed by atoms with E-state index in [9.17, 15) is 14.7 Å². The molecule has 0 aromatic heterocycles. The van der Waals surface area contributed by atoms with Crippen molar-refractivity contribution >= 4 is 34.5 Å². The molecule has 0 unspecified atom stereocenters. The van der Waals surface area contributed by atoms with Crippen molar-refractivity contribution in [3.63, 3.8) is 0 Å². The molecule has 0 spiro atoms. The van der Waals surface area contributed by atoms with E-state index in [-0.39, 0.29) is 12.0 Å². The summed E-state index contributed by atoms with van der Waals surface area (Å²) in [6, 6.07) is 14.8. The summed E-state index contributed by atoms with van der Waals surface area (Å²) in [6.07, 6.45) is -1.84. The van der Waals surface area contributed by atoms with Crippen LogP contribution in [0.15, 0.2) is 54.6 Å². The van der Waals surface area contributed by atoms with Crippen LogP contribution in [-0.2, 0) is 15.9 Å². The SMILES string of the molecule is C[C@@]1(F)[C@H](OC(=O)c2ccccc2)[C@@H](Cc2ccccc2C(=O)O)O[C@@H]1I. The molecule has 27 heavy (non-hydrogen) atoms. The summed E-state index contributed by atoms with van der Waals surface area (Å²) in [4.78, 5) is 23.9. The van der Waals surface area contributed by atoms with Gasteiger partial charge >= 0.3 is 11.9 Å². The summed E-state index contributed by atoms with van der Waals surface area (Å²) < 4.78 is 25.6. The summed E-state index contributed by atoms with van der Waals surface area (Å²) in [7, 11) is 0. The highest BCUT2D eigenvalue weighted by atomic mass is 127. The zero-order valence-corrected chi connectivity index (χ0v) is 16.6. The van der Waals surface area contributed by atoms with Gasteiger partial charge in [-0.1, -0.05) is 36.4 Å². The number of carbonyl (C=O) groups is 2. The number of carbonyl (C=O) groups excluding carboxylic acids is 1. The normalized spacial score (nSPS) is 27.3. The van der Waals surface area contributed by atoms with E-state index >= 15 is 4.39 Å². The fraction of sp³-hybridized carbons (Fsp3) is 0.300. The molecule has 0 radical (unpaired) electrons. The van der Waals surface area contributed by atoms with E-state index in [4.69, 9.17) is 9.47 Å². The topological polar surface area (TPSA) is 72.8 Å². The van der Waals surface area contributed by atoms with E-state index in [1.54, 1.807) is 48.5 Å². The molecule has 5 nitrogen and oxygen atoms in total. The standard InChI is InChI=1S/C20H18FIO5/c1-20(21)16(27-18(25)12-7-3-2-4-8-12)15(26-19(20)22)11-13-9-5-6-10-14(13)17(23)24/h2-10,15-16,19H,11H2,1H3,(H,23,24)/t15-,16-,19+,20-/m1/s1. The van der Waals surface area contributed by atoms with E-state index in [2.05, 4.69) is 0 Å². The first-order chi connectivity index (χ1) is 12.8. The van der Waals surface area contributed by atoms with Gasteiger partial charge in [-0.15, -0.1) is 0 Å². The minimum absolute atomic E-state index is 0.117. The molecule has 1 fully saturated rings. The van der Waals surface area contributed by atoms with Crippen molar-refractivity contribution in [2.24, 2.45) is 0 Å². The lowest BCUT2D eigenvalue weighted by Gasteiger charge is -2.26. The molecule has 7 heteroatoms. The third-order valence-electron chi connectivity index (χ3n) is 4.54. The van der Waals surface area contributed by atoms with Crippen molar-refractivity contribution in [1.29, 1.82) is 0 Å². The third-order valence-corrected chi connectivity index (χ3v) is 6.06. The molecule has 0 aliphatic carbocycles. The molecule has 1 aliphatic rings. The number of hydrogen-bond acceptors (Lipinski definition) is 4. The highest BCUT2D eigenvalue weighted by Gasteiger charge is 2.56. The Morgan fingerprint density at radius 1 is 1.19 bits per heavy atom. The molecule has 142 valence electrons. The van der Waals surface area contributed by atoms with Gasteiger partial charge in [0.25, 0.3) is 0 Å². The molecule has 3 rings (SSSR count). The highest BCUT2D eigenvalue weighted by molar-refractivity contribution is 14.1. The van der Waals surface area contributed by atoms with Crippen LogP contribution in [0.3, 0.4) is 0 Å². The number of halogens is 2. The van der Waals surface area contributed by atoms with Gasteiger partial charge in [0.15, 0.2) is 11.8 Å². The number of hydrogen-bond donors (Lipinski definition) is 1. The van der Waals surface area contributed by atoms with Gasteiger partial charge in [-0.05, 0) is 53.3 Å². The van der Waals surface area contributed by atoms with E-state index in [0.29, 0.717) is 11.1 Å². The Morgan fingerprint density at radius 3 is 2.48 bits per heavy atom. The Kier molecular flexibility index (Phi) is 5.81. The van der Waals surface area contributed by atoms with Crippen LogP contribution in [-0.4, -0.2) is 39.0 Å². The van der Waals surface area contributed by atoms with Crippen molar-refractivity contribution in [3.05, 3.63) is 71.3 Å². The lowest BCUT2D eigenvalue weighted by atomic mass is 9.94. The van der Waals surface area contributed by atoms with Gasteiger partial charge in [0.1, 0.15) is 10.2 Å². The van der Waals surface area contributed by atoms with Crippen LogP contribution in [0.2, 0.25) is 0 Å². The molecule has 1 saturated heterocycles. The van der Waals surface area contributed by atoms with Gasteiger partial charge in [0, 0.05) is 6.42 Å². The molecule has 2 aromatic carbocycles. The van der Waals surface area contributed by atoms with Crippen LogP contribution in [0.1, 0.15) is 33.2 Å². The summed E-state index contributed by atoms with van der Waals surface area (Å²) in [5, 5.41) is 9.35. The molecular formula is C20H18FIO5. The number of aromatic carboxylic acids is 1. The van der Waals surface area contributed by atoms with Gasteiger partial charge in [-0.25, -0.2) is 14.0 Å². The van der Waals surface area contributed by atoms with Crippen LogP contribution in [0.5, 0.6) is 0 Å². The lowest BCUT2D eigenvalue weighted by Crippen LogP contribution is -2.43. The Hall–Kier alpha value is -2.00. The number of carboxylic acid groups (broad SMARTS) is 1. The average Bonchev–Trinajstić information content (AvgIpc) is 2.85. The van der Waals surface area contributed by atoms with E-state index < -0.39 is 33.9 Å². The minimum atomic E-state index is -1.91. The first kappa shape index (κ1) is 19.8. The molecule has 0 amide bonds. The monoisotopic (exact) mass is 484 g/mol. The van der Waals surface area contributed by atoms with Crippen LogP contribution < -0.4 is 0 Å². The van der Waals surface area contributed by atoms with Gasteiger partial charge in [-0.2, -0.15) is 0 Å². The number of carboxylic acids is 1. The van der Waals surface area contributed by atoms with Crippen molar-refractivity contribution in [3.8, 4) is 0 Å². The molecule has 0 saturated carbocycles. The number of esters is 1. The second-order valence-electron chi connectivity index (χ2n) is 6.50. The van der Waals surface area contributed by atoms with Crippen LogP contribution in [0, 0.1) is 0 Å².